The molecule has 7 heterocycles. The minimum atomic E-state index is -4.62. The maximum absolute atomic E-state index is 14.5. The van der Waals surface area contributed by atoms with E-state index in [1.165, 1.54) is 4.90 Å². The molecule has 3 fully saturated rings. The van der Waals surface area contributed by atoms with Crippen LogP contribution in [0.4, 0.5) is 35.0 Å². The predicted molar refractivity (Wildman–Crippen MR) is 175 cm³/mol. The molecule has 3 saturated heterocycles. The highest BCUT2D eigenvalue weighted by Crippen LogP contribution is 2.43. The van der Waals surface area contributed by atoms with Crippen LogP contribution in [0, 0.1) is 11.3 Å². The summed E-state index contributed by atoms with van der Waals surface area (Å²) in [6, 6.07) is 4.23. The van der Waals surface area contributed by atoms with E-state index in [2.05, 4.69) is 26.0 Å². The first-order chi connectivity index (χ1) is 23.8. The van der Waals surface area contributed by atoms with Crippen LogP contribution in [0.15, 0.2) is 12.1 Å². The number of hydrogen-bond donors (Lipinski definition) is 1. The number of nitrogen functional groups attached to an aromatic ring is 1. The first kappa shape index (κ1) is 34.0. The monoisotopic (exact) mass is 717 g/mol. The van der Waals surface area contributed by atoms with Crippen molar-refractivity contribution in [2.75, 3.05) is 69.0 Å². The summed E-state index contributed by atoms with van der Waals surface area (Å²) < 4.78 is 64.1. The molecule has 2 atom stereocenters. The zero-order valence-corrected chi connectivity index (χ0v) is 28.3. The molecule has 18 heteroatoms. The summed E-state index contributed by atoms with van der Waals surface area (Å²) >= 11 is 6.72. The normalized spacial score (nSPS) is 22.5. The van der Waals surface area contributed by atoms with Crippen molar-refractivity contribution in [1.29, 1.82) is 5.26 Å². The number of aryl methyl sites for hydroxylation is 1. The van der Waals surface area contributed by atoms with Crippen LogP contribution in [-0.2, 0) is 19.3 Å². The molecule has 1 unspecified atom stereocenters. The van der Waals surface area contributed by atoms with Gasteiger partial charge in [-0.2, -0.15) is 33.5 Å². The van der Waals surface area contributed by atoms with Crippen LogP contribution in [0.2, 0.25) is 5.02 Å². The van der Waals surface area contributed by atoms with E-state index in [1.54, 1.807) is 23.7 Å². The Morgan fingerprint density at radius 1 is 1.12 bits per heavy atom. The molecule has 0 radical (unpaired) electrons. The summed E-state index contributed by atoms with van der Waals surface area (Å²) in [5.41, 5.74) is 5.04. The smallest absolute Gasteiger partial charge is 0.418 e. The zero-order valence-electron chi connectivity index (χ0n) is 27.6. The molecule has 266 valence electrons. The number of halogens is 5. The van der Waals surface area contributed by atoms with Crippen molar-refractivity contribution in [2.24, 2.45) is 0 Å². The van der Waals surface area contributed by atoms with Crippen LogP contribution in [-0.4, -0.2) is 106 Å². The SMILES string of the molecule is CN(C)C(=O)c1nn2c(c1Cl)CN(c1nc(OC[C@@]34CCCN3CC(F)C4)nc(N3CC(c4nc(N)ccc4C(F)(F)F)C3)c1C#N)CCC2. The standard InChI is InChI=1S/C32H36ClF4N11O2/c1-44(2)29(49)26-24(33)22-16-45(8-4-10-48(22)43-26)27-20(12-38)28(42-30(41-27)50-17-31-7-3-9-47(31)15-19(34)11-31)46-13-18(14-46)25-21(32(35,36)37)5-6-23(39)40-25/h5-6,18-19H,3-4,7-11,13-17H2,1-2H3,(H2,39,40)/t19?,31-/m0/s1. The van der Waals surface area contributed by atoms with Crippen LogP contribution >= 0.6 is 11.6 Å². The second kappa shape index (κ2) is 12.7. The van der Waals surface area contributed by atoms with Crippen molar-refractivity contribution >= 4 is 35.0 Å². The van der Waals surface area contributed by atoms with Gasteiger partial charge in [0.1, 0.15) is 30.2 Å². The van der Waals surface area contributed by atoms with E-state index in [-0.39, 0.29) is 77.6 Å². The number of alkyl halides is 4. The summed E-state index contributed by atoms with van der Waals surface area (Å²) in [5, 5.41) is 15.2. The van der Waals surface area contributed by atoms with Crippen LogP contribution in [0.25, 0.3) is 0 Å². The second-order valence-electron chi connectivity index (χ2n) is 13.6. The lowest BCUT2D eigenvalue weighted by Crippen LogP contribution is -2.47. The fourth-order valence-electron chi connectivity index (χ4n) is 7.57. The third kappa shape index (κ3) is 6.02. The maximum atomic E-state index is 14.5. The van der Waals surface area contributed by atoms with Crippen molar-refractivity contribution in [3.8, 4) is 12.1 Å². The molecule has 50 heavy (non-hydrogen) atoms. The lowest BCUT2D eigenvalue weighted by Gasteiger charge is -2.41. The van der Waals surface area contributed by atoms with Gasteiger partial charge in [-0.05, 0) is 37.9 Å². The number of amides is 1. The molecule has 0 saturated carbocycles. The molecule has 1 amide bonds. The molecule has 0 bridgehead atoms. The average molecular weight is 718 g/mol. The van der Waals surface area contributed by atoms with E-state index in [0.29, 0.717) is 38.2 Å². The second-order valence-corrected chi connectivity index (χ2v) is 14.0. The number of pyridine rings is 1. The summed E-state index contributed by atoms with van der Waals surface area (Å²) in [4.78, 5) is 33.2. The first-order valence-electron chi connectivity index (χ1n) is 16.4. The molecule has 13 nitrogen and oxygen atoms in total. The van der Waals surface area contributed by atoms with E-state index in [9.17, 15) is 27.6 Å². The maximum Gasteiger partial charge on any atom is 0.418 e. The van der Waals surface area contributed by atoms with Crippen LogP contribution < -0.4 is 20.3 Å². The number of anilines is 3. The fraction of sp³-hybridized carbons (Fsp3) is 0.562. The van der Waals surface area contributed by atoms with Gasteiger partial charge in [0.2, 0.25) is 0 Å². The number of rotatable bonds is 7. The molecule has 3 aromatic rings. The Labute approximate surface area is 290 Å². The Balaban J connectivity index is 1.24. The first-order valence-corrected chi connectivity index (χ1v) is 16.8. The number of fused-ring (bicyclic) bond motifs is 2. The van der Waals surface area contributed by atoms with E-state index in [0.717, 1.165) is 31.5 Å². The van der Waals surface area contributed by atoms with E-state index < -0.39 is 29.4 Å². The highest BCUT2D eigenvalue weighted by atomic mass is 35.5. The van der Waals surface area contributed by atoms with Gasteiger partial charge >= 0.3 is 12.2 Å². The van der Waals surface area contributed by atoms with E-state index in [4.69, 9.17) is 27.1 Å². The van der Waals surface area contributed by atoms with Gasteiger partial charge in [0, 0.05) is 59.2 Å². The van der Waals surface area contributed by atoms with E-state index in [1.807, 2.05) is 4.90 Å². The number of nitrogens with two attached hydrogens (primary N) is 1. The number of hydrogen-bond acceptors (Lipinski definition) is 11. The van der Waals surface area contributed by atoms with Crippen molar-refractivity contribution < 1.29 is 27.1 Å². The predicted octanol–water partition coefficient (Wildman–Crippen LogP) is 3.87. The molecular weight excluding hydrogens is 682 g/mol. The molecule has 0 aliphatic carbocycles. The summed E-state index contributed by atoms with van der Waals surface area (Å²) in [5.74, 6) is -0.561. The number of nitrogens with zero attached hydrogens (tertiary/aromatic N) is 10. The van der Waals surface area contributed by atoms with Gasteiger partial charge in [0.05, 0.1) is 34.1 Å². The number of carbonyl (C=O) groups excluding carboxylic acids is 1. The van der Waals surface area contributed by atoms with Crippen molar-refractivity contribution in [2.45, 2.75) is 62.6 Å². The zero-order chi connectivity index (χ0) is 35.5. The number of nitriles is 1. The van der Waals surface area contributed by atoms with Gasteiger partial charge in [0.25, 0.3) is 5.91 Å². The molecular formula is C32H36ClF4N11O2. The Kier molecular flexibility index (Phi) is 8.66. The van der Waals surface area contributed by atoms with Crippen molar-refractivity contribution in [1.82, 2.24) is 34.5 Å². The third-order valence-electron chi connectivity index (χ3n) is 10.1. The fourth-order valence-corrected chi connectivity index (χ4v) is 7.84. The largest absolute Gasteiger partial charge is 0.461 e. The van der Waals surface area contributed by atoms with Gasteiger partial charge in [-0.3, -0.25) is 14.4 Å². The summed E-state index contributed by atoms with van der Waals surface area (Å²) in [6.45, 7) is 2.46. The van der Waals surface area contributed by atoms with Gasteiger partial charge in [-0.15, -0.1) is 0 Å². The Morgan fingerprint density at radius 2 is 1.86 bits per heavy atom. The summed E-state index contributed by atoms with van der Waals surface area (Å²) in [7, 11) is 3.21. The third-order valence-corrected chi connectivity index (χ3v) is 10.4. The molecule has 7 rings (SSSR count). The highest BCUT2D eigenvalue weighted by Gasteiger charge is 2.49. The quantitative estimate of drug-likeness (QED) is 0.356. The minimum absolute atomic E-state index is 0.0264. The lowest BCUT2D eigenvalue weighted by molar-refractivity contribution is -0.138. The topological polar surface area (TPSA) is 146 Å². The Morgan fingerprint density at radius 3 is 2.56 bits per heavy atom. The molecule has 2 N–H and O–H groups in total. The van der Waals surface area contributed by atoms with Crippen molar-refractivity contribution in [3.63, 3.8) is 0 Å². The molecule has 3 aromatic heterocycles. The van der Waals surface area contributed by atoms with Crippen LogP contribution in [0.1, 0.15) is 64.6 Å². The van der Waals surface area contributed by atoms with Gasteiger partial charge in [-0.1, -0.05) is 11.6 Å². The van der Waals surface area contributed by atoms with E-state index >= 15 is 0 Å². The molecule has 4 aliphatic rings. The highest BCUT2D eigenvalue weighted by molar-refractivity contribution is 6.34. The van der Waals surface area contributed by atoms with Gasteiger partial charge < -0.3 is 25.2 Å². The Hall–Kier alpha value is -4.43. The number of ether oxygens (including phenoxy) is 1. The van der Waals surface area contributed by atoms with Gasteiger partial charge in [-0.25, -0.2) is 9.37 Å². The Bertz CT molecular complexity index is 1860. The summed E-state index contributed by atoms with van der Waals surface area (Å²) in [6.07, 6.45) is -3.02. The van der Waals surface area contributed by atoms with Crippen LogP contribution in [0.3, 0.4) is 0 Å². The average Bonchev–Trinajstić information content (AvgIpc) is 3.60. The lowest BCUT2D eigenvalue weighted by atomic mass is 9.91. The molecule has 4 aliphatic heterocycles. The van der Waals surface area contributed by atoms with Crippen LogP contribution in [0.5, 0.6) is 6.01 Å². The number of carbonyl (C=O) groups is 1. The van der Waals surface area contributed by atoms with Crippen molar-refractivity contribution in [3.05, 3.63) is 45.4 Å². The minimum Gasteiger partial charge on any atom is -0.461 e. The van der Waals surface area contributed by atoms with Gasteiger partial charge in [0.15, 0.2) is 17.3 Å². The molecule has 0 aromatic carbocycles. The molecule has 0 spiro atoms. The number of aromatic nitrogens is 5.